The first-order valence-corrected chi connectivity index (χ1v) is 19.7. The molecule has 2 saturated heterocycles. The molecule has 58 heavy (non-hydrogen) atoms. The van der Waals surface area contributed by atoms with E-state index in [0.29, 0.717) is 65.8 Å². The number of aromatic amines is 1. The van der Waals surface area contributed by atoms with Gasteiger partial charge in [0.25, 0.3) is 5.91 Å². The molecule has 5 amide bonds. The Labute approximate surface area is 336 Å². The quantitative estimate of drug-likeness (QED) is 0.189. The number of carbonyl (C=O) groups excluding carboxylic acids is 5. The Morgan fingerprint density at radius 2 is 1.45 bits per heavy atom. The van der Waals surface area contributed by atoms with E-state index >= 15 is 0 Å². The second kappa shape index (κ2) is 16.7. The van der Waals surface area contributed by atoms with Crippen LogP contribution in [0.1, 0.15) is 87.6 Å². The van der Waals surface area contributed by atoms with Crippen molar-refractivity contribution in [3.8, 4) is 22.8 Å². The number of methoxy groups -OCH3 is 2. The number of rotatable bonds is 10. The first kappa shape index (κ1) is 40.0. The van der Waals surface area contributed by atoms with Crippen molar-refractivity contribution in [3.05, 3.63) is 65.7 Å². The molecular weight excluding hydrogens is 745 g/mol. The third kappa shape index (κ3) is 8.00. The first-order valence-electron chi connectivity index (χ1n) is 19.7. The summed E-state index contributed by atoms with van der Waals surface area (Å²) in [5.74, 6) is 0.534. The Morgan fingerprint density at radius 1 is 0.828 bits per heavy atom. The number of anilines is 1. The van der Waals surface area contributed by atoms with Gasteiger partial charge < -0.3 is 44.9 Å². The van der Waals surface area contributed by atoms with Crippen LogP contribution in [-0.2, 0) is 19.1 Å². The van der Waals surface area contributed by atoms with Gasteiger partial charge in [-0.1, -0.05) is 33.8 Å². The van der Waals surface area contributed by atoms with Crippen LogP contribution < -0.4 is 20.7 Å². The highest BCUT2D eigenvalue weighted by Crippen LogP contribution is 2.41. The molecule has 16 heteroatoms. The summed E-state index contributed by atoms with van der Waals surface area (Å²) in [4.78, 5) is 81.2. The number of ether oxygens (including phenoxy) is 3. The van der Waals surface area contributed by atoms with Gasteiger partial charge in [0.05, 0.1) is 49.4 Å². The number of H-pyrrole nitrogens is 1. The van der Waals surface area contributed by atoms with Gasteiger partial charge in [0, 0.05) is 37.0 Å². The molecular formula is C42H50N8O8. The van der Waals surface area contributed by atoms with Crippen LogP contribution in [0.15, 0.2) is 53.8 Å². The average molecular weight is 795 g/mol. The largest absolute Gasteiger partial charge is 0.454 e. The predicted octanol–water partition coefficient (Wildman–Crippen LogP) is 6.04. The maximum Gasteiger partial charge on any atom is 0.407 e. The molecule has 2 fully saturated rings. The van der Waals surface area contributed by atoms with Gasteiger partial charge in [-0.3, -0.25) is 19.4 Å². The SMILES string of the molecule is COC(=O)N[C@H](C(=O)N1CCC[C@H]1C1=NC=C(c2ccc3c(c2)Oc2ccc(-c4cnc([C@@H]5CCCN5C(=O)[C@@H](NC(=O)OC)C(C)C)[nH]4)cc2C(=O)N3)C1)C(C)C. The molecule has 5 heterocycles. The lowest BCUT2D eigenvalue weighted by Gasteiger charge is -2.31. The smallest absolute Gasteiger partial charge is 0.407 e. The number of benzene rings is 2. The molecule has 0 radical (unpaired) electrons. The van der Waals surface area contributed by atoms with E-state index in [2.05, 4.69) is 25.9 Å². The number of fused-ring (bicyclic) bond motifs is 2. The van der Waals surface area contributed by atoms with Crippen LogP contribution in [-0.4, -0.2) is 101 Å². The summed E-state index contributed by atoms with van der Waals surface area (Å²) in [5.41, 5.74) is 4.97. The lowest BCUT2D eigenvalue weighted by Crippen LogP contribution is -2.53. The van der Waals surface area contributed by atoms with Crippen LogP contribution in [0.4, 0.5) is 15.3 Å². The van der Waals surface area contributed by atoms with Crippen LogP contribution in [0.5, 0.6) is 11.5 Å². The van der Waals surface area contributed by atoms with E-state index in [1.54, 1.807) is 23.2 Å². The van der Waals surface area contributed by atoms with Crippen molar-refractivity contribution in [2.24, 2.45) is 16.8 Å². The number of hydrogen-bond donors (Lipinski definition) is 4. The minimum atomic E-state index is -0.742. The molecule has 0 bridgehead atoms. The van der Waals surface area contributed by atoms with Crippen LogP contribution in [0.3, 0.4) is 0 Å². The zero-order valence-electron chi connectivity index (χ0n) is 33.6. The Morgan fingerprint density at radius 3 is 2.09 bits per heavy atom. The maximum atomic E-state index is 13.6. The Bertz CT molecular complexity index is 2180. The molecule has 4 atom stereocenters. The summed E-state index contributed by atoms with van der Waals surface area (Å²) in [5, 5.41) is 8.35. The highest BCUT2D eigenvalue weighted by Gasteiger charge is 2.40. The highest BCUT2D eigenvalue weighted by molar-refractivity contribution is 6.09. The molecule has 0 spiro atoms. The van der Waals surface area contributed by atoms with Crippen LogP contribution in [0.2, 0.25) is 0 Å². The number of likely N-dealkylation sites (tertiary alicyclic amines) is 2. The van der Waals surface area contributed by atoms with Gasteiger partial charge in [-0.25, -0.2) is 14.6 Å². The number of allylic oxidation sites excluding steroid dienone is 1. The summed E-state index contributed by atoms with van der Waals surface area (Å²) in [6.07, 6.45) is 5.86. The first-order chi connectivity index (χ1) is 27.9. The van der Waals surface area contributed by atoms with E-state index in [1.165, 1.54) is 14.2 Å². The summed E-state index contributed by atoms with van der Waals surface area (Å²) in [7, 11) is 2.55. The lowest BCUT2D eigenvalue weighted by molar-refractivity contribution is -0.135. The number of aliphatic imine (C=N–C) groups is 1. The normalized spacial score (nSPS) is 19.6. The lowest BCUT2D eigenvalue weighted by atomic mass is 9.97. The number of nitrogens with one attached hydrogen (secondary N) is 4. The molecule has 0 unspecified atom stereocenters. The highest BCUT2D eigenvalue weighted by atomic mass is 16.5. The van der Waals surface area contributed by atoms with Crippen LogP contribution >= 0.6 is 0 Å². The molecule has 4 aliphatic heterocycles. The third-order valence-corrected chi connectivity index (χ3v) is 11.3. The topological polar surface area (TPSA) is 197 Å². The van der Waals surface area contributed by atoms with Gasteiger partial charge in [-0.15, -0.1) is 0 Å². The summed E-state index contributed by atoms with van der Waals surface area (Å²) < 4.78 is 15.9. The van der Waals surface area contributed by atoms with Gasteiger partial charge in [-0.2, -0.15) is 0 Å². The minimum absolute atomic E-state index is 0.128. The number of imidazole rings is 1. The maximum absolute atomic E-state index is 13.6. The zero-order chi connectivity index (χ0) is 41.2. The van der Waals surface area contributed by atoms with Gasteiger partial charge >= 0.3 is 12.2 Å². The fraction of sp³-hybridized carbons (Fsp3) is 0.452. The molecule has 4 aliphatic rings. The molecule has 4 N–H and O–H groups in total. The van der Waals surface area contributed by atoms with E-state index < -0.39 is 24.3 Å². The summed E-state index contributed by atoms with van der Waals surface area (Å²) in [6.45, 7) is 8.63. The number of aromatic nitrogens is 2. The van der Waals surface area contributed by atoms with Crippen molar-refractivity contribution in [2.45, 2.75) is 84.0 Å². The Hall–Kier alpha value is -6.19. The summed E-state index contributed by atoms with van der Waals surface area (Å²) in [6, 6.07) is 9.03. The van der Waals surface area contributed by atoms with E-state index in [9.17, 15) is 24.0 Å². The second-order valence-electron chi connectivity index (χ2n) is 15.7. The molecule has 1 aromatic heterocycles. The molecule has 0 aliphatic carbocycles. The van der Waals surface area contributed by atoms with Gasteiger partial charge in [0.1, 0.15) is 23.7 Å². The number of alkyl carbamates (subject to hydrolysis) is 2. The summed E-state index contributed by atoms with van der Waals surface area (Å²) >= 11 is 0. The van der Waals surface area contributed by atoms with Crippen molar-refractivity contribution < 1.29 is 38.2 Å². The van der Waals surface area contributed by atoms with E-state index in [0.717, 1.165) is 36.1 Å². The molecule has 16 nitrogen and oxygen atoms in total. The molecule has 306 valence electrons. The van der Waals surface area contributed by atoms with Crippen molar-refractivity contribution >= 4 is 46.9 Å². The minimum Gasteiger partial charge on any atom is -0.454 e. The fourth-order valence-corrected chi connectivity index (χ4v) is 8.11. The fourth-order valence-electron chi connectivity index (χ4n) is 8.11. The van der Waals surface area contributed by atoms with Gasteiger partial charge in [-0.05, 0) is 79.0 Å². The average Bonchev–Trinajstić information content (AvgIpc) is 4.05. The number of nitrogens with zero attached hydrogens (tertiary/aromatic N) is 4. The zero-order valence-corrected chi connectivity index (χ0v) is 33.6. The van der Waals surface area contributed by atoms with Gasteiger partial charge in [0.15, 0.2) is 5.75 Å². The van der Waals surface area contributed by atoms with Crippen molar-refractivity contribution in [1.29, 1.82) is 0 Å². The molecule has 2 aromatic carbocycles. The molecule has 0 saturated carbocycles. The van der Waals surface area contributed by atoms with E-state index in [-0.39, 0.29) is 41.6 Å². The van der Waals surface area contributed by atoms with Crippen LogP contribution in [0, 0.1) is 11.8 Å². The molecule has 7 rings (SSSR count). The Kier molecular flexibility index (Phi) is 11.5. The Balaban J connectivity index is 1.04. The van der Waals surface area contributed by atoms with Crippen molar-refractivity contribution in [1.82, 2.24) is 30.4 Å². The second-order valence-corrected chi connectivity index (χ2v) is 15.7. The van der Waals surface area contributed by atoms with Crippen molar-refractivity contribution in [2.75, 3.05) is 32.6 Å². The monoisotopic (exact) mass is 794 g/mol. The standard InChI is InChI=1S/C42H50N8O8/c1-22(2)35(47-41(54)56-5)39(52)49-15-7-9-31(49)29-18-26(20-43-29)24-11-13-28-34(19-24)58-33-14-12-25(17-27(33)38(51)46-28)30-21-44-37(45-30)32-10-8-16-50(32)40(53)36(23(3)4)48-42(55)57-6/h11-14,17,19-23,31-32,35-36H,7-10,15-16,18H2,1-6H3,(H,44,45)(H,46,51)(H,47,54)(H,48,55)/t31-,32-,35-,36-/m0/s1. The molecule has 3 aromatic rings. The number of amides is 5. The number of hydrogen-bond acceptors (Lipinski definition) is 10. The predicted molar refractivity (Wildman–Crippen MR) is 215 cm³/mol. The third-order valence-electron chi connectivity index (χ3n) is 11.3. The van der Waals surface area contributed by atoms with E-state index in [4.69, 9.17) is 19.2 Å². The van der Waals surface area contributed by atoms with Crippen molar-refractivity contribution in [3.63, 3.8) is 0 Å². The van der Waals surface area contributed by atoms with E-state index in [1.807, 2.05) is 63.1 Å². The number of carbonyl (C=O) groups is 5. The van der Waals surface area contributed by atoms with Gasteiger partial charge in [0.2, 0.25) is 11.8 Å². The van der Waals surface area contributed by atoms with Crippen LogP contribution in [0.25, 0.3) is 16.8 Å².